The lowest BCUT2D eigenvalue weighted by Gasteiger charge is -2.17. The molecule has 0 radical (unpaired) electrons. The Kier molecular flexibility index (Phi) is 5.48. The van der Waals surface area contributed by atoms with Crippen molar-refractivity contribution in [2.75, 3.05) is 20.1 Å². The van der Waals surface area contributed by atoms with Gasteiger partial charge in [0.05, 0.1) is 12.6 Å². The largest absolute Gasteiger partial charge is 0.368 e. The van der Waals surface area contributed by atoms with Crippen LogP contribution < -0.4 is 11.5 Å². The molecule has 0 aromatic carbocycles. The van der Waals surface area contributed by atoms with Crippen LogP contribution in [0, 0.1) is 0 Å². The number of carbonyl (C=O) groups is 1. The van der Waals surface area contributed by atoms with Gasteiger partial charge in [-0.2, -0.15) is 0 Å². The standard InChI is InChI=1S/C7H15F2N3O/c1-12(4-6(8)9)3-2-5(10)7(11)13/h5-6H,2-4,10H2,1H3,(H2,11,13). The van der Waals surface area contributed by atoms with E-state index in [9.17, 15) is 13.6 Å². The summed E-state index contributed by atoms with van der Waals surface area (Å²) < 4.78 is 23.6. The third-order valence-electron chi connectivity index (χ3n) is 1.64. The number of alkyl halides is 2. The highest BCUT2D eigenvalue weighted by Gasteiger charge is 2.12. The van der Waals surface area contributed by atoms with Gasteiger partial charge in [-0.25, -0.2) is 8.78 Å². The maximum Gasteiger partial charge on any atom is 0.251 e. The SMILES string of the molecule is CN(CCC(N)C(N)=O)CC(F)F. The van der Waals surface area contributed by atoms with Crippen LogP contribution in [0.25, 0.3) is 0 Å². The average molecular weight is 195 g/mol. The minimum absolute atomic E-state index is 0.304. The number of hydrogen-bond acceptors (Lipinski definition) is 3. The summed E-state index contributed by atoms with van der Waals surface area (Å²) in [5, 5.41) is 0. The van der Waals surface area contributed by atoms with E-state index < -0.39 is 18.4 Å². The Balaban J connectivity index is 3.57. The lowest BCUT2D eigenvalue weighted by Crippen LogP contribution is -2.39. The molecule has 0 aromatic rings. The smallest absolute Gasteiger partial charge is 0.251 e. The molecule has 1 amide bonds. The second-order valence-corrected chi connectivity index (χ2v) is 2.95. The topological polar surface area (TPSA) is 72.3 Å². The van der Waals surface area contributed by atoms with Gasteiger partial charge in [-0.3, -0.25) is 4.79 Å². The van der Waals surface area contributed by atoms with Crippen molar-refractivity contribution >= 4 is 5.91 Å². The van der Waals surface area contributed by atoms with Gasteiger partial charge in [0.15, 0.2) is 0 Å². The monoisotopic (exact) mass is 195 g/mol. The predicted octanol–water partition coefficient (Wildman–Crippen LogP) is -0.614. The van der Waals surface area contributed by atoms with Crippen molar-refractivity contribution in [1.82, 2.24) is 4.90 Å². The van der Waals surface area contributed by atoms with E-state index in [1.54, 1.807) is 7.05 Å². The zero-order valence-electron chi connectivity index (χ0n) is 7.54. The molecule has 0 fully saturated rings. The van der Waals surface area contributed by atoms with Crippen LogP contribution in [0.15, 0.2) is 0 Å². The van der Waals surface area contributed by atoms with Gasteiger partial charge in [0.2, 0.25) is 5.91 Å². The number of amides is 1. The summed E-state index contributed by atoms with van der Waals surface area (Å²) in [5.41, 5.74) is 10.2. The first kappa shape index (κ1) is 12.2. The summed E-state index contributed by atoms with van der Waals surface area (Å²) in [4.78, 5) is 11.9. The zero-order chi connectivity index (χ0) is 10.4. The molecule has 0 aliphatic carbocycles. The number of halogens is 2. The lowest BCUT2D eigenvalue weighted by molar-refractivity contribution is -0.119. The molecule has 4 nitrogen and oxygen atoms in total. The van der Waals surface area contributed by atoms with Gasteiger partial charge < -0.3 is 16.4 Å². The van der Waals surface area contributed by atoms with Crippen LogP contribution >= 0.6 is 0 Å². The number of rotatable bonds is 6. The Morgan fingerprint density at radius 3 is 2.46 bits per heavy atom. The van der Waals surface area contributed by atoms with Gasteiger partial charge in [-0.1, -0.05) is 0 Å². The van der Waals surface area contributed by atoms with Gasteiger partial charge in [0.1, 0.15) is 0 Å². The lowest BCUT2D eigenvalue weighted by atomic mass is 10.2. The molecule has 1 unspecified atom stereocenters. The van der Waals surface area contributed by atoms with Crippen LogP contribution in [0.3, 0.4) is 0 Å². The van der Waals surface area contributed by atoms with Crippen molar-refractivity contribution < 1.29 is 13.6 Å². The van der Waals surface area contributed by atoms with Crippen molar-refractivity contribution in [3.63, 3.8) is 0 Å². The third kappa shape index (κ3) is 6.41. The second-order valence-electron chi connectivity index (χ2n) is 2.95. The summed E-state index contributed by atoms with van der Waals surface area (Å²) in [6, 6.07) is -0.750. The van der Waals surface area contributed by atoms with Crippen LogP contribution in [0.4, 0.5) is 8.78 Å². The van der Waals surface area contributed by atoms with Crippen LogP contribution in [0.5, 0.6) is 0 Å². The Labute approximate surface area is 75.9 Å². The molecule has 0 aromatic heterocycles. The molecule has 78 valence electrons. The maximum atomic E-state index is 11.8. The van der Waals surface area contributed by atoms with E-state index in [0.29, 0.717) is 13.0 Å². The molecule has 0 heterocycles. The molecule has 0 aliphatic heterocycles. The Morgan fingerprint density at radius 1 is 1.54 bits per heavy atom. The summed E-state index contributed by atoms with van der Waals surface area (Å²) in [7, 11) is 1.54. The van der Waals surface area contributed by atoms with E-state index in [1.165, 1.54) is 4.90 Å². The van der Waals surface area contributed by atoms with E-state index in [2.05, 4.69) is 0 Å². The van der Waals surface area contributed by atoms with Crippen molar-refractivity contribution in [2.24, 2.45) is 11.5 Å². The molecule has 0 bridgehead atoms. The molecule has 0 spiro atoms. The van der Waals surface area contributed by atoms with Crippen molar-refractivity contribution in [3.05, 3.63) is 0 Å². The van der Waals surface area contributed by atoms with Gasteiger partial charge >= 0.3 is 0 Å². The first-order chi connectivity index (χ1) is 5.93. The number of primary amides is 1. The molecule has 4 N–H and O–H groups in total. The fourth-order valence-corrected chi connectivity index (χ4v) is 0.829. The highest BCUT2D eigenvalue weighted by Crippen LogP contribution is 1.97. The Bertz CT molecular complexity index is 166. The molecular weight excluding hydrogens is 180 g/mol. The number of nitrogens with two attached hydrogens (primary N) is 2. The van der Waals surface area contributed by atoms with Gasteiger partial charge in [-0.05, 0) is 13.5 Å². The van der Waals surface area contributed by atoms with E-state index in [-0.39, 0.29) is 6.54 Å². The quantitative estimate of drug-likeness (QED) is 0.593. The molecule has 0 saturated carbocycles. The number of nitrogens with zero attached hydrogens (tertiary/aromatic N) is 1. The molecule has 6 heteroatoms. The molecular formula is C7H15F2N3O. The Morgan fingerprint density at radius 2 is 2.08 bits per heavy atom. The predicted molar refractivity (Wildman–Crippen MR) is 45.3 cm³/mol. The van der Waals surface area contributed by atoms with E-state index in [4.69, 9.17) is 11.5 Å². The fourth-order valence-electron chi connectivity index (χ4n) is 0.829. The average Bonchev–Trinajstić information content (AvgIpc) is 1.98. The number of carbonyl (C=O) groups excluding carboxylic acids is 1. The molecule has 0 rings (SSSR count). The van der Waals surface area contributed by atoms with Crippen molar-refractivity contribution in [2.45, 2.75) is 18.9 Å². The van der Waals surface area contributed by atoms with Gasteiger partial charge in [0, 0.05) is 6.54 Å². The first-order valence-electron chi connectivity index (χ1n) is 3.95. The second kappa shape index (κ2) is 5.82. The minimum atomic E-state index is -2.37. The van der Waals surface area contributed by atoms with E-state index in [0.717, 1.165) is 0 Å². The maximum absolute atomic E-state index is 11.8. The normalized spacial score (nSPS) is 13.7. The molecule has 13 heavy (non-hydrogen) atoms. The minimum Gasteiger partial charge on any atom is -0.368 e. The summed E-state index contributed by atoms with van der Waals surface area (Å²) in [6.07, 6.45) is -2.06. The van der Waals surface area contributed by atoms with Crippen LogP contribution in [0.2, 0.25) is 0 Å². The van der Waals surface area contributed by atoms with E-state index >= 15 is 0 Å². The third-order valence-corrected chi connectivity index (χ3v) is 1.64. The van der Waals surface area contributed by atoms with Crippen molar-refractivity contribution in [3.8, 4) is 0 Å². The van der Waals surface area contributed by atoms with E-state index in [1.807, 2.05) is 0 Å². The summed E-state index contributed by atoms with van der Waals surface area (Å²) in [5.74, 6) is -0.606. The first-order valence-corrected chi connectivity index (χ1v) is 3.95. The van der Waals surface area contributed by atoms with Crippen molar-refractivity contribution in [1.29, 1.82) is 0 Å². The van der Waals surface area contributed by atoms with Crippen LogP contribution in [0.1, 0.15) is 6.42 Å². The van der Waals surface area contributed by atoms with Crippen LogP contribution in [-0.2, 0) is 4.79 Å². The fraction of sp³-hybridized carbons (Fsp3) is 0.857. The molecule has 0 aliphatic rings. The summed E-state index contributed by atoms with van der Waals surface area (Å²) >= 11 is 0. The summed E-state index contributed by atoms with van der Waals surface area (Å²) in [6.45, 7) is 0.0277. The van der Waals surface area contributed by atoms with Crippen LogP contribution in [-0.4, -0.2) is 43.4 Å². The zero-order valence-corrected chi connectivity index (χ0v) is 7.54. The van der Waals surface area contributed by atoms with Gasteiger partial charge in [0.25, 0.3) is 6.43 Å². The number of hydrogen-bond donors (Lipinski definition) is 2. The molecule has 0 saturated heterocycles. The highest BCUT2D eigenvalue weighted by atomic mass is 19.3. The molecule has 1 atom stereocenters. The highest BCUT2D eigenvalue weighted by molar-refractivity contribution is 5.79. The Hall–Kier alpha value is -0.750. The van der Waals surface area contributed by atoms with Gasteiger partial charge in [-0.15, -0.1) is 0 Å².